The summed E-state index contributed by atoms with van der Waals surface area (Å²) < 4.78 is 7.39. The van der Waals surface area contributed by atoms with Crippen molar-refractivity contribution in [3.05, 3.63) is 80.5 Å². The molecular formula is C31H34N4O3S2. The van der Waals surface area contributed by atoms with Crippen LogP contribution in [0.5, 0.6) is 5.75 Å². The minimum absolute atomic E-state index is 0.0630. The van der Waals surface area contributed by atoms with E-state index in [0.717, 1.165) is 83.3 Å². The van der Waals surface area contributed by atoms with E-state index in [2.05, 4.69) is 17.5 Å². The fourth-order valence-corrected chi connectivity index (χ4v) is 6.85. The molecule has 0 saturated heterocycles. The second kappa shape index (κ2) is 13.3. The van der Waals surface area contributed by atoms with Gasteiger partial charge in [-0.3, -0.25) is 14.2 Å². The highest BCUT2D eigenvalue weighted by Crippen LogP contribution is 2.35. The third-order valence-corrected chi connectivity index (χ3v) is 9.01. The summed E-state index contributed by atoms with van der Waals surface area (Å²) in [7, 11) is 0. The molecule has 0 aliphatic heterocycles. The Morgan fingerprint density at radius 1 is 1.12 bits per heavy atom. The van der Waals surface area contributed by atoms with Crippen LogP contribution in [0.3, 0.4) is 0 Å². The molecular weight excluding hydrogens is 541 g/mol. The van der Waals surface area contributed by atoms with Crippen LogP contribution < -0.4 is 15.7 Å². The average Bonchev–Trinajstić information content (AvgIpc) is 3.34. The molecule has 1 aliphatic carbocycles. The second-order valence-electron chi connectivity index (χ2n) is 9.97. The summed E-state index contributed by atoms with van der Waals surface area (Å²) in [5.41, 5.74) is 6.40. The highest BCUT2D eigenvalue weighted by atomic mass is 32.2. The van der Waals surface area contributed by atoms with Crippen molar-refractivity contribution in [2.24, 2.45) is 5.10 Å². The van der Waals surface area contributed by atoms with Gasteiger partial charge >= 0.3 is 0 Å². The first-order valence-corrected chi connectivity index (χ1v) is 15.7. The number of unbranched alkanes of at least 4 members (excludes halogenated alkanes) is 2. The molecule has 0 bridgehead atoms. The van der Waals surface area contributed by atoms with Crippen LogP contribution in [0.4, 0.5) is 0 Å². The predicted molar refractivity (Wildman–Crippen MR) is 165 cm³/mol. The van der Waals surface area contributed by atoms with Gasteiger partial charge in [0.15, 0.2) is 5.16 Å². The Labute approximate surface area is 242 Å². The van der Waals surface area contributed by atoms with Crippen LogP contribution in [0, 0.1) is 6.92 Å². The SMILES string of the molecule is CCCCCOc1ccc(/C=N\NC(=O)CSc2nc3sc4c(c3c(=O)n2-c2ccc(C)cc2)CCCC4)cc1. The molecule has 40 heavy (non-hydrogen) atoms. The van der Waals surface area contributed by atoms with E-state index in [1.807, 2.05) is 55.5 Å². The fraction of sp³-hybridized carbons (Fsp3) is 0.355. The number of nitrogens with zero attached hydrogens (tertiary/aromatic N) is 3. The molecule has 4 aromatic rings. The van der Waals surface area contributed by atoms with E-state index < -0.39 is 0 Å². The van der Waals surface area contributed by atoms with E-state index in [-0.39, 0.29) is 17.2 Å². The number of nitrogens with one attached hydrogen (secondary N) is 1. The van der Waals surface area contributed by atoms with Gasteiger partial charge in [0.05, 0.1) is 29.6 Å². The van der Waals surface area contributed by atoms with Crippen LogP contribution in [-0.4, -0.2) is 34.0 Å². The zero-order valence-electron chi connectivity index (χ0n) is 22.9. The van der Waals surface area contributed by atoms with E-state index in [9.17, 15) is 9.59 Å². The molecule has 7 nitrogen and oxygen atoms in total. The van der Waals surface area contributed by atoms with Crippen molar-refractivity contribution < 1.29 is 9.53 Å². The van der Waals surface area contributed by atoms with Gasteiger partial charge in [-0.05, 0) is 86.6 Å². The third kappa shape index (κ3) is 6.64. The van der Waals surface area contributed by atoms with Gasteiger partial charge in [-0.2, -0.15) is 5.10 Å². The number of aryl methyl sites for hydroxylation is 3. The molecule has 2 aromatic heterocycles. The number of amides is 1. The van der Waals surface area contributed by atoms with Gasteiger partial charge in [0.2, 0.25) is 0 Å². The molecule has 5 rings (SSSR count). The monoisotopic (exact) mass is 574 g/mol. The zero-order chi connectivity index (χ0) is 27.9. The molecule has 0 unspecified atom stereocenters. The van der Waals surface area contributed by atoms with Crippen molar-refractivity contribution in [3.8, 4) is 11.4 Å². The van der Waals surface area contributed by atoms with Crippen LogP contribution in [0.1, 0.15) is 60.6 Å². The number of carbonyl (C=O) groups excluding carboxylic acids is 1. The summed E-state index contributed by atoms with van der Waals surface area (Å²) in [5.74, 6) is 0.633. The number of hydrogen-bond acceptors (Lipinski definition) is 7. The summed E-state index contributed by atoms with van der Waals surface area (Å²) in [6, 6.07) is 15.4. The Balaban J connectivity index is 1.28. The minimum Gasteiger partial charge on any atom is -0.494 e. The van der Waals surface area contributed by atoms with Gasteiger partial charge in [0.1, 0.15) is 10.6 Å². The smallest absolute Gasteiger partial charge is 0.267 e. The number of thiophene rings is 1. The van der Waals surface area contributed by atoms with Crippen LogP contribution >= 0.6 is 23.1 Å². The first-order chi connectivity index (χ1) is 19.5. The van der Waals surface area contributed by atoms with Gasteiger partial charge in [0, 0.05) is 4.88 Å². The van der Waals surface area contributed by atoms with Crippen molar-refractivity contribution in [2.45, 2.75) is 63.9 Å². The van der Waals surface area contributed by atoms with Crippen molar-refractivity contribution in [3.63, 3.8) is 0 Å². The first-order valence-electron chi connectivity index (χ1n) is 13.9. The lowest BCUT2D eigenvalue weighted by atomic mass is 9.97. The lowest BCUT2D eigenvalue weighted by Gasteiger charge is -2.13. The maximum Gasteiger partial charge on any atom is 0.267 e. The molecule has 2 heterocycles. The van der Waals surface area contributed by atoms with Crippen molar-refractivity contribution in [1.82, 2.24) is 15.0 Å². The van der Waals surface area contributed by atoms with E-state index in [1.54, 1.807) is 22.1 Å². The lowest BCUT2D eigenvalue weighted by molar-refractivity contribution is -0.118. The maximum atomic E-state index is 13.8. The number of fused-ring (bicyclic) bond motifs is 3. The lowest BCUT2D eigenvalue weighted by Crippen LogP contribution is -2.24. The molecule has 1 amide bonds. The quantitative estimate of drug-likeness (QED) is 0.0732. The van der Waals surface area contributed by atoms with Crippen molar-refractivity contribution >= 4 is 45.4 Å². The van der Waals surface area contributed by atoms with Gasteiger partial charge in [-0.15, -0.1) is 11.3 Å². The van der Waals surface area contributed by atoms with E-state index >= 15 is 0 Å². The summed E-state index contributed by atoms with van der Waals surface area (Å²) in [4.78, 5) is 33.4. The molecule has 0 saturated carbocycles. The van der Waals surface area contributed by atoms with Gasteiger partial charge < -0.3 is 4.74 Å². The Hall–Kier alpha value is -3.43. The number of thioether (sulfide) groups is 1. The Kier molecular flexibility index (Phi) is 9.34. The molecule has 0 spiro atoms. The molecule has 9 heteroatoms. The Morgan fingerprint density at radius 2 is 1.90 bits per heavy atom. The highest BCUT2D eigenvalue weighted by Gasteiger charge is 2.23. The third-order valence-electron chi connectivity index (χ3n) is 6.88. The van der Waals surface area contributed by atoms with Gasteiger partial charge in [0.25, 0.3) is 11.5 Å². The standard InChI is InChI=1S/C31H34N4O3S2/c1-3-4-7-18-38-24-16-12-22(13-17-24)19-32-34-27(36)20-39-31-33-29-28(25-8-5-6-9-26(25)40-29)30(37)35(31)23-14-10-21(2)11-15-23/h10-17,19H,3-9,18,20H2,1-2H3,(H,34,36)/b32-19-. The maximum absolute atomic E-state index is 13.8. The molecule has 208 valence electrons. The summed E-state index contributed by atoms with van der Waals surface area (Å²) in [6.07, 6.45) is 9.13. The molecule has 0 radical (unpaired) electrons. The Morgan fingerprint density at radius 3 is 2.67 bits per heavy atom. The average molecular weight is 575 g/mol. The van der Waals surface area contributed by atoms with Gasteiger partial charge in [-0.25, -0.2) is 10.4 Å². The number of hydrazone groups is 1. The van der Waals surface area contributed by atoms with E-state index in [1.165, 1.54) is 16.6 Å². The number of aromatic nitrogens is 2. The molecule has 0 atom stereocenters. The predicted octanol–water partition coefficient (Wildman–Crippen LogP) is 6.45. The van der Waals surface area contributed by atoms with Crippen molar-refractivity contribution in [1.29, 1.82) is 0 Å². The van der Waals surface area contributed by atoms with Gasteiger partial charge in [-0.1, -0.05) is 49.2 Å². The molecule has 2 aromatic carbocycles. The molecule has 0 fully saturated rings. The highest BCUT2D eigenvalue weighted by molar-refractivity contribution is 7.99. The molecule has 1 N–H and O–H groups in total. The summed E-state index contributed by atoms with van der Waals surface area (Å²) in [5, 5.41) is 5.35. The number of rotatable bonds is 11. The van der Waals surface area contributed by atoms with Crippen LogP contribution in [0.2, 0.25) is 0 Å². The van der Waals surface area contributed by atoms with Crippen LogP contribution in [0.25, 0.3) is 15.9 Å². The summed E-state index contributed by atoms with van der Waals surface area (Å²) in [6.45, 7) is 4.89. The second-order valence-corrected chi connectivity index (χ2v) is 12.0. The zero-order valence-corrected chi connectivity index (χ0v) is 24.6. The summed E-state index contributed by atoms with van der Waals surface area (Å²) >= 11 is 2.86. The minimum atomic E-state index is -0.271. The number of carbonyl (C=O) groups is 1. The number of ether oxygens (including phenoxy) is 1. The van der Waals surface area contributed by atoms with Crippen molar-refractivity contribution in [2.75, 3.05) is 12.4 Å². The van der Waals surface area contributed by atoms with E-state index in [4.69, 9.17) is 9.72 Å². The first kappa shape index (κ1) is 28.1. The fourth-order valence-electron chi connectivity index (χ4n) is 4.74. The van der Waals surface area contributed by atoms with E-state index in [0.29, 0.717) is 11.8 Å². The largest absolute Gasteiger partial charge is 0.494 e. The number of hydrogen-bond donors (Lipinski definition) is 1. The normalized spacial score (nSPS) is 13.1. The topological polar surface area (TPSA) is 85.6 Å². The Bertz CT molecular complexity index is 1560. The van der Waals surface area contributed by atoms with Crippen LogP contribution in [0.15, 0.2) is 63.6 Å². The van der Waals surface area contributed by atoms with Crippen LogP contribution in [-0.2, 0) is 17.6 Å². The molecule has 1 aliphatic rings. The number of benzene rings is 2.